The quantitative estimate of drug-likeness (QED) is 0.113. The van der Waals surface area contributed by atoms with E-state index in [1.54, 1.807) is 6.08 Å². The lowest BCUT2D eigenvalue weighted by atomic mass is 9.49. The molecule has 4 aromatic rings. The van der Waals surface area contributed by atoms with E-state index in [1.807, 2.05) is 0 Å². The van der Waals surface area contributed by atoms with Gasteiger partial charge in [-0.05, 0) is 72.9 Å². The van der Waals surface area contributed by atoms with E-state index < -0.39 is 98.5 Å². The van der Waals surface area contributed by atoms with Crippen LogP contribution in [0, 0.1) is 23.7 Å². The molecule has 2 aliphatic carbocycles. The number of amides is 4. The molecule has 4 amide bonds. The number of hydrogen-bond donors (Lipinski definition) is 4. The minimum absolute atomic E-state index is 0.0227. The van der Waals surface area contributed by atoms with Crippen LogP contribution in [-0.2, 0) is 30.8 Å². The third-order valence-electron chi connectivity index (χ3n) is 11.3. The van der Waals surface area contributed by atoms with Gasteiger partial charge in [0.05, 0.1) is 39.4 Å². The first-order chi connectivity index (χ1) is 26.9. The van der Waals surface area contributed by atoms with Crippen LogP contribution in [0.3, 0.4) is 0 Å². The van der Waals surface area contributed by atoms with E-state index in [4.69, 9.17) is 34.8 Å². The van der Waals surface area contributed by atoms with E-state index in [1.165, 1.54) is 48.5 Å². The Morgan fingerprint density at radius 3 is 2.21 bits per heavy atom. The van der Waals surface area contributed by atoms with Crippen molar-refractivity contribution in [2.45, 2.75) is 30.4 Å². The van der Waals surface area contributed by atoms with E-state index in [9.17, 15) is 47.7 Å². The number of imide groups is 2. The standard InChI is InChI=1S/C39H26Cl3F3N4O8/c40-18-3-1-16(2-4-18)38-26(34(53)49(37(38)57)47-32-27(42)11-17(15-46-32)39(43,44)45)14-24-21(31(38)25-12-19(41)5-10-28(25)50)8-9-23-30(24)35(54)48(33(23)52)20-6-7-22(36(55)56)29(51)13-20/h1-8,10-13,15,23-24,26,30-31,50-51H,9,14H2,(H,46,47)(H,55,56). The Hall–Kier alpha value is -5.64. The van der Waals surface area contributed by atoms with Gasteiger partial charge in [0, 0.05) is 33.8 Å². The Kier molecular flexibility index (Phi) is 9.05. The molecule has 3 fully saturated rings. The minimum Gasteiger partial charge on any atom is -0.508 e. The van der Waals surface area contributed by atoms with E-state index >= 15 is 4.79 Å². The average molecular weight is 842 g/mol. The largest absolute Gasteiger partial charge is 0.508 e. The number of rotatable bonds is 6. The van der Waals surface area contributed by atoms with Crippen molar-refractivity contribution in [3.05, 3.63) is 122 Å². The van der Waals surface area contributed by atoms with E-state index in [0.29, 0.717) is 22.8 Å². The third-order valence-corrected chi connectivity index (χ3v) is 12.1. The predicted octanol–water partition coefficient (Wildman–Crippen LogP) is 7.36. The van der Waals surface area contributed by atoms with Crippen molar-refractivity contribution < 1.29 is 52.5 Å². The van der Waals surface area contributed by atoms with Gasteiger partial charge in [0.1, 0.15) is 17.1 Å². The minimum atomic E-state index is -4.80. The summed E-state index contributed by atoms with van der Waals surface area (Å²) in [6, 6.07) is 14.1. The zero-order valence-corrected chi connectivity index (χ0v) is 31.1. The highest BCUT2D eigenvalue weighted by Gasteiger charge is 2.70. The van der Waals surface area contributed by atoms with Gasteiger partial charge in [0.25, 0.3) is 11.8 Å². The summed E-state index contributed by atoms with van der Waals surface area (Å²) < 4.78 is 40.4. The number of benzene rings is 3. The van der Waals surface area contributed by atoms with Crippen molar-refractivity contribution in [3.8, 4) is 11.5 Å². The Morgan fingerprint density at radius 2 is 1.56 bits per heavy atom. The van der Waals surface area contributed by atoms with Gasteiger partial charge in [-0.15, -0.1) is 0 Å². The number of allylic oxidation sites excluding steroid dienone is 2. The maximum absolute atomic E-state index is 15.3. The topological polar surface area (TPSA) is 177 Å². The lowest BCUT2D eigenvalue weighted by molar-refractivity contribution is -0.139. The number of nitrogens with zero attached hydrogens (tertiary/aromatic N) is 3. The van der Waals surface area contributed by atoms with Crippen LogP contribution in [0.1, 0.15) is 45.8 Å². The fourth-order valence-electron chi connectivity index (χ4n) is 8.98. The molecule has 3 heterocycles. The van der Waals surface area contributed by atoms with Crippen molar-refractivity contribution in [2.24, 2.45) is 23.7 Å². The number of carboxylic acid groups (broad SMARTS) is 1. The number of aromatic carboxylic acids is 1. The van der Waals surface area contributed by atoms with Crippen LogP contribution in [-0.4, -0.2) is 54.9 Å². The molecule has 18 heteroatoms. The lowest BCUT2D eigenvalue weighted by Gasteiger charge is -2.50. The molecule has 12 nitrogen and oxygen atoms in total. The van der Waals surface area contributed by atoms with Crippen molar-refractivity contribution in [1.29, 1.82) is 0 Å². The fourth-order valence-corrected chi connectivity index (χ4v) is 9.49. The smallest absolute Gasteiger partial charge is 0.417 e. The number of phenolic OH excluding ortho intramolecular Hbond substituents is 1. The van der Waals surface area contributed by atoms with Gasteiger partial charge >= 0.3 is 12.1 Å². The van der Waals surface area contributed by atoms with Gasteiger partial charge in [0.2, 0.25) is 11.8 Å². The molecule has 1 saturated carbocycles. The summed E-state index contributed by atoms with van der Waals surface area (Å²) in [5.41, 5.74) is -0.301. The number of pyridine rings is 1. The summed E-state index contributed by atoms with van der Waals surface area (Å²) in [7, 11) is 0. The molecular formula is C39H26Cl3F3N4O8. The predicted molar refractivity (Wildman–Crippen MR) is 198 cm³/mol. The molecule has 6 atom stereocenters. The van der Waals surface area contributed by atoms with Crippen molar-refractivity contribution in [1.82, 2.24) is 9.99 Å². The highest BCUT2D eigenvalue weighted by Crippen LogP contribution is 2.65. The van der Waals surface area contributed by atoms with Crippen LogP contribution < -0.4 is 10.3 Å². The molecule has 4 aliphatic rings. The lowest BCUT2D eigenvalue weighted by Crippen LogP contribution is -2.53. The SMILES string of the molecule is O=C(O)c1ccc(N2C(=O)C3CC=C4C(CC5C(=O)N(Nc6ncc(C(F)(F)F)cc6Cl)C(=O)C5(c5ccc(Cl)cc5)C4c4cc(Cl)ccc4O)C3C2=O)cc1O. The number of hydrogen-bond acceptors (Lipinski definition) is 9. The van der Waals surface area contributed by atoms with Gasteiger partial charge in [-0.3, -0.25) is 24.6 Å². The second-order valence-corrected chi connectivity index (χ2v) is 15.4. The van der Waals surface area contributed by atoms with Gasteiger partial charge in [-0.2, -0.15) is 18.2 Å². The number of phenols is 2. The molecule has 2 saturated heterocycles. The maximum atomic E-state index is 15.3. The van der Waals surface area contributed by atoms with Crippen LogP contribution in [0.4, 0.5) is 24.7 Å². The Morgan fingerprint density at radius 1 is 0.860 bits per heavy atom. The summed E-state index contributed by atoms with van der Waals surface area (Å²) in [5.74, 6) is -11.6. The molecule has 2 aliphatic heterocycles. The molecular weight excluding hydrogens is 816 g/mol. The second kappa shape index (κ2) is 13.5. The number of alkyl halides is 3. The molecule has 57 heavy (non-hydrogen) atoms. The Bertz CT molecular complexity index is 2480. The van der Waals surface area contributed by atoms with Crippen LogP contribution in [0.5, 0.6) is 11.5 Å². The maximum Gasteiger partial charge on any atom is 0.417 e. The van der Waals surface area contributed by atoms with Crippen LogP contribution in [0.25, 0.3) is 0 Å². The van der Waals surface area contributed by atoms with Crippen LogP contribution in [0.2, 0.25) is 15.1 Å². The first-order valence-electron chi connectivity index (χ1n) is 17.2. The number of fused-ring (bicyclic) bond motifs is 4. The monoisotopic (exact) mass is 840 g/mol. The molecule has 0 radical (unpaired) electrons. The highest BCUT2D eigenvalue weighted by atomic mass is 35.5. The fraction of sp³-hybridized carbons (Fsp3) is 0.231. The Balaban J connectivity index is 1.30. The molecule has 8 rings (SSSR count). The molecule has 6 unspecified atom stereocenters. The normalized spacial score (nSPS) is 25.6. The number of aromatic hydroxyl groups is 2. The number of carbonyl (C=O) groups is 5. The highest BCUT2D eigenvalue weighted by molar-refractivity contribution is 6.33. The summed E-state index contributed by atoms with van der Waals surface area (Å²) in [4.78, 5) is 74.8. The molecule has 3 aromatic carbocycles. The van der Waals surface area contributed by atoms with Crippen LogP contribution in [0.15, 0.2) is 84.6 Å². The van der Waals surface area contributed by atoms with Crippen molar-refractivity contribution >= 4 is 75.9 Å². The van der Waals surface area contributed by atoms with E-state index in [0.717, 1.165) is 17.0 Å². The van der Waals surface area contributed by atoms with Crippen molar-refractivity contribution in [3.63, 3.8) is 0 Å². The summed E-state index contributed by atoms with van der Waals surface area (Å²) >= 11 is 19.0. The number of halogens is 6. The molecule has 1 aromatic heterocycles. The average Bonchev–Trinajstić information content (AvgIpc) is 3.53. The van der Waals surface area contributed by atoms with Gasteiger partial charge in [-0.25, -0.2) is 14.7 Å². The molecule has 292 valence electrons. The number of aromatic nitrogens is 1. The van der Waals surface area contributed by atoms with Gasteiger partial charge in [0.15, 0.2) is 5.82 Å². The zero-order chi connectivity index (χ0) is 40.9. The van der Waals surface area contributed by atoms with Crippen molar-refractivity contribution in [2.75, 3.05) is 10.3 Å². The number of anilines is 2. The number of nitrogens with one attached hydrogen (secondary N) is 1. The Labute approximate surface area is 335 Å². The first-order valence-corrected chi connectivity index (χ1v) is 18.3. The van der Waals surface area contributed by atoms with Crippen LogP contribution >= 0.6 is 34.8 Å². The zero-order valence-electron chi connectivity index (χ0n) is 28.8. The van der Waals surface area contributed by atoms with E-state index in [2.05, 4.69) is 10.4 Å². The molecule has 0 bridgehead atoms. The third kappa shape index (κ3) is 5.81. The second-order valence-electron chi connectivity index (χ2n) is 14.1. The number of carboxylic acids is 1. The summed E-state index contributed by atoms with van der Waals surface area (Å²) in [5, 5.41) is 31.8. The van der Waals surface area contributed by atoms with Gasteiger partial charge < -0.3 is 15.3 Å². The first kappa shape index (κ1) is 38.2. The molecule has 4 N–H and O–H groups in total. The number of carbonyl (C=O) groups excluding carboxylic acids is 4. The van der Waals surface area contributed by atoms with E-state index in [-0.39, 0.29) is 45.5 Å². The summed E-state index contributed by atoms with van der Waals surface area (Å²) in [6.45, 7) is 0. The number of hydrazine groups is 1. The van der Waals surface area contributed by atoms with Gasteiger partial charge in [-0.1, -0.05) is 58.6 Å². The molecule has 0 spiro atoms. The summed E-state index contributed by atoms with van der Waals surface area (Å²) in [6.07, 6.45) is -2.85.